The summed E-state index contributed by atoms with van der Waals surface area (Å²) < 4.78 is 1.03. The molecule has 0 radical (unpaired) electrons. The summed E-state index contributed by atoms with van der Waals surface area (Å²) in [5.41, 5.74) is 7.15. The summed E-state index contributed by atoms with van der Waals surface area (Å²) in [5.74, 6) is 0.642. The molecule has 2 aromatic carbocycles. The first kappa shape index (κ1) is 24.1. The van der Waals surface area contributed by atoms with E-state index < -0.39 is 0 Å². The van der Waals surface area contributed by atoms with Crippen LogP contribution in [0.5, 0.6) is 0 Å². The lowest BCUT2D eigenvalue weighted by atomic mass is 9.99. The van der Waals surface area contributed by atoms with Crippen LogP contribution in [0.2, 0.25) is 0 Å². The van der Waals surface area contributed by atoms with E-state index in [4.69, 9.17) is 4.98 Å². The molecule has 3 heterocycles. The summed E-state index contributed by atoms with van der Waals surface area (Å²) in [5, 5.41) is 5.27. The number of carbonyl (C=O) groups is 1. The maximum atomic E-state index is 13.2. The summed E-state index contributed by atoms with van der Waals surface area (Å²) in [6.45, 7) is 4.44. The van der Waals surface area contributed by atoms with E-state index in [1.54, 1.807) is 17.7 Å². The molecular formula is C30H28N4OS2. The summed E-state index contributed by atoms with van der Waals surface area (Å²) >= 11 is 3.13. The van der Waals surface area contributed by atoms with Crippen molar-refractivity contribution in [2.45, 2.75) is 50.1 Å². The van der Waals surface area contributed by atoms with E-state index in [1.165, 1.54) is 40.4 Å². The number of aryl methyl sites for hydroxylation is 1. The molecule has 37 heavy (non-hydrogen) atoms. The van der Waals surface area contributed by atoms with E-state index >= 15 is 0 Å². The molecule has 7 heteroatoms. The SMILES string of the molecule is CC(C)c1nc2sc3c(SCC(=O)NC(c4ccccc4)c4ccccc4)ncnc3c2c2c1CCC2. The minimum atomic E-state index is -0.202. The fraction of sp³-hybridized carbons (Fsp3) is 0.267. The predicted molar refractivity (Wildman–Crippen MR) is 152 cm³/mol. The Balaban J connectivity index is 1.28. The molecule has 0 saturated carbocycles. The molecular weight excluding hydrogens is 496 g/mol. The second kappa shape index (κ2) is 10.2. The summed E-state index contributed by atoms with van der Waals surface area (Å²) in [7, 11) is 0. The number of aromatic nitrogens is 3. The van der Waals surface area contributed by atoms with Crippen molar-refractivity contribution in [1.29, 1.82) is 0 Å². The molecule has 0 bridgehead atoms. The number of amides is 1. The Hall–Kier alpha value is -3.29. The highest BCUT2D eigenvalue weighted by Crippen LogP contribution is 2.42. The fourth-order valence-electron chi connectivity index (χ4n) is 5.27. The smallest absolute Gasteiger partial charge is 0.231 e. The van der Waals surface area contributed by atoms with Gasteiger partial charge in [-0.05, 0) is 47.4 Å². The van der Waals surface area contributed by atoms with E-state index in [1.807, 2.05) is 60.7 Å². The number of thiophene rings is 1. The molecule has 0 unspecified atom stereocenters. The second-order valence-corrected chi connectivity index (χ2v) is 11.7. The van der Waals surface area contributed by atoms with Gasteiger partial charge in [0.25, 0.3) is 0 Å². The van der Waals surface area contributed by atoms with Crippen LogP contribution in [0.25, 0.3) is 20.4 Å². The van der Waals surface area contributed by atoms with E-state index in [0.29, 0.717) is 5.92 Å². The number of rotatable bonds is 7. The Morgan fingerprint density at radius 3 is 2.32 bits per heavy atom. The first-order valence-corrected chi connectivity index (χ1v) is 14.5. The lowest BCUT2D eigenvalue weighted by molar-refractivity contribution is -0.119. The molecule has 1 aliphatic carbocycles. The van der Waals surface area contributed by atoms with Gasteiger partial charge >= 0.3 is 0 Å². The van der Waals surface area contributed by atoms with Crippen molar-refractivity contribution in [1.82, 2.24) is 20.3 Å². The van der Waals surface area contributed by atoms with Crippen molar-refractivity contribution in [3.8, 4) is 0 Å². The normalized spacial score (nSPS) is 13.1. The lowest BCUT2D eigenvalue weighted by Gasteiger charge is -2.19. The van der Waals surface area contributed by atoms with Gasteiger partial charge in [0, 0.05) is 11.1 Å². The predicted octanol–water partition coefficient (Wildman–Crippen LogP) is 6.85. The highest BCUT2D eigenvalue weighted by Gasteiger charge is 2.25. The molecule has 186 valence electrons. The minimum absolute atomic E-state index is 0.0308. The molecule has 0 spiro atoms. The topological polar surface area (TPSA) is 67.8 Å². The fourth-order valence-corrected chi connectivity index (χ4v) is 7.33. The average Bonchev–Trinajstić information content (AvgIpc) is 3.56. The Bertz CT molecular complexity index is 1540. The highest BCUT2D eigenvalue weighted by atomic mass is 32.2. The van der Waals surface area contributed by atoms with Crippen molar-refractivity contribution in [2.24, 2.45) is 0 Å². The van der Waals surface area contributed by atoms with Gasteiger partial charge in [-0.25, -0.2) is 15.0 Å². The third-order valence-corrected chi connectivity index (χ3v) is 9.13. The lowest BCUT2D eigenvalue weighted by Crippen LogP contribution is -2.30. The average molecular weight is 525 g/mol. The van der Waals surface area contributed by atoms with Crippen LogP contribution in [0, 0.1) is 0 Å². The van der Waals surface area contributed by atoms with Crippen LogP contribution in [-0.2, 0) is 17.6 Å². The van der Waals surface area contributed by atoms with Gasteiger partial charge in [-0.2, -0.15) is 0 Å². The Morgan fingerprint density at radius 2 is 1.65 bits per heavy atom. The van der Waals surface area contributed by atoms with Crippen LogP contribution in [0.15, 0.2) is 72.0 Å². The van der Waals surface area contributed by atoms with Crippen molar-refractivity contribution in [2.75, 3.05) is 5.75 Å². The zero-order valence-corrected chi connectivity index (χ0v) is 22.5. The Labute approximate surface area is 224 Å². The zero-order chi connectivity index (χ0) is 25.4. The largest absolute Gasteiger partial charge is 0.344 e. The van der Waals surface area contributed by atoms with Crippen LogP contribution in [0.4, 0.5) is 0 Å². The molecule has 5 aromatic rings. The summed E-state index contributed by atoms with van der Waals surface area (Å²) in [6, 6.07) is 20.0. The van der Waals surface area contributed by atoms with Crippen molar-refractivity contribution in [3.05, 3.63) is 94.9 Å². The maximum absolute atomic E-state index is 13.2. The molecule has 3 aromatic heterocycles. The number of pyridine rings is 1. The maximum Gasteiger partial charge on any atom is 0.231 e. The molecule has 5 nitrogen and oxygen atoms in total. The van der Waals surface area contributed by atoms with Gasteiger partial charge in [-0.1, -0.05) is 86.3 Å². The molecule has 0 fully saturated rings. The van der Waals surface area contributed by atoms with E-state index in [2.05, 4.69) is 29.1 Å². The summed E-state index contributed by atoms with van der Waals surface area (Å²) in [6.07, 6.45) is 4.97. The number of carbonyl (C=O) groups excluding carboxylic acids is 1. The molecule has 0 aliphatic heterocycles. The first-order valence-electron chi connectivity index (χ1n) is 12.7. The molecule has 1 N–H and O–H groups in total. The summed E-state index contributed by atoms with van der Waals surface area (Å²) in [4.78, 5) is 28.6. The van der Waals surface area contributed by atoms with Crippen molar-refractivity contribution >= 4 is 49.4 Å². The van der Waals surface area contributed by atoms with Crippen LogP contribution in [0.1, 0.15) is 60.2 Å². The second-order valence-electron chi connectivity index (χ2n) is 9.71. The number of fused-ring (bicyclic) bond motifs is 5. The molecule has 6 rings (SSSR count). The van der Waals surface area contributed by atoms with Gasteiger partial charge in [0.05, 0.1) is 22.0 Å². The van der Waals surface area contributed by atoms with Crippen LogP contribution in [-0.4, -0.2) is 26.6 Å². The standard InChI is InChI=1S/C30H28N4OS2/c1-18(2)25-22-15-9-14-21(22)24-27-28(37-29(24)34-25)30(32-17-31-27)36-16-23(35)33-26(19-10-5-3-6-11-19)20-12-7-4-8-13-20/h3-8,10-13,17-18,26H,9,14-16H2,1-2H3,(H,33,35). The van der Waals surface area contributed by atoms with Crippen LogP contribution >= 0.6 is 23.1 Å². The quantitative estimate of drug-likeness (QED) is 0.186. The number of thioether (sulfide) groups is 1. The highest BCUT2D eigenvalue weighted by molar-refractivity contribution is 8.00. The molecule has 0 saturated heterocycles. The molecule has 1 amide bonds. The zero-order valence-electron chi connectivity index (χ0n) is 20.9. The van der Waals surface area contributed by atoms with Crippen molar-refractivity contribution in [3.63, 3.8) is 0 Å². The van der Waals surface area contributed by atoms with Gasteiger partial charge in [0.15, 0.2) is 0 Å². The van der Waals surface area contributed by atoms with Gasteiger partial charge in [-0.3, -0.25) is 4.79 Å². The van der Waals surface area contributed by atoms with Gasteiger partial charge in [0.1, 0.15) is 16.2 Å². The van der Waals surface area contributed by atoms with Crippen molar-refractivity contribution < 1.29 is 4.79 Å². The number of nitrogens with zero attached hydrogens (tertiary/aromatic N) is 3. The number of benzene rings is 2. The van der Waals surface area contributed by atoms with E-state index in [9.17, 15) is 4.79 Å². The van der Waals surface area contributed by atoms with Gasteiger partial charge < -0.3 is 5.32 Å². The number of hydrogen-bond donors (Lipinski definition) is 1. The molecule has 1 aliphatic rings. The Kier molecular flexibility index (Phi) is 6.65. The van der Waals surface area contributed by atoms with Crippen LogP contribution < -0.4 is 5.32 Å². The monoisotopic (exact) mass is 524 g/mol. The first-order chi connectivity index (χ1) is 18.1. The van der Waals surface area contributed by atoms with Crippen LogP contribution in [0.3, 0.4) is 0 Å². The minimum Gasteiger partial charge on any atom is -0.344 e. The van der Waals surface area contributed by atoms with E-state index in [-0.39, 0.29) is 17.7 Å². The Morgan fingerprint density at radius 1 is 0.973 bits per heavy atom. The third-order valence-electron chi connectivity index (χ3n) is 6.93. The number of hydrogen-bond acceptors (Lipinski definition) is 6. The third kappa shape index (κ3) is 4.62. The van der Waals surface area contributed by atoms with Gasteiger partial charge in [-0.15, -0.1) is 11.3 Å². The van der Waals surface area contributed by atoms with Gasteiger partial charge in [0.2, 0.25) is 5.91 Å². The molecule has 0 atom stereocenters. The number of nitrogens with one attached hydrogen (secondary N) is 1. The van der Waals surface area contributed by atoms with E-state index in [0.717, 1.165) is 44.0 Å².